The highest BCUT2D eigenvalue weighted by Gasteiger charge is 2.22. The fraction of sp³-hybridized carbons (Fsp3) is 0.692. The molecule has 1 aromatic rings. The first-order chi connectivity index (χ1) is 8.79. The summed E-state index contributed by atoms with van der Waals surface area (Å²) in [6.07, 6.45) is 6.91. The van der Waals surface area contributed by atoms with Gasteiger partial charge in [0.1, 0.15) is 6.26 Å². The van der Waals surface area contributed by atoms with Gasteiger partial charge in [-0.3, -0.25) is 4.79 Å². The lowest BCUT2D eigenvalue weighted by atomic mass is 9.91. The molecule has 1 amide bonds. The second kappa shape index (κ2) is 6.54. The molecule has 18 heavy (non-hydrogen) atoms. The Bertz CT molecular complexity index is 356. The summed E-state index contributed by atoms with van der Waals surface area (Å²) >= 11 is 0. The lowest BCUT2D eigenvalue weighted by Gasteiger charge is -2.29. The molecule has 0 unspecified atom stereocenters. The fourth-order valence-electron chi connectivity index (χ4n) is 2.38. The topological polar surface area (TPSA) is 67.2 Å². The minimum atomic E-state index is -0.131. The summed E-state index contributed by atoms with van der Waals surface area (Å²) in [6.45, 7) is 3.26. The molecule has 1 fully saturated rings. The van der Waals surface area contributed by atoms with E-state index in [1.54, 1.807) is 6.07 Å². The Kier molecular flexibility index (Phi) is 4.75. The normalized spacial score (nSPS) is 23.8. The van der Waals surface area contributed by atoms with Gasteiger partial charge < -0.3 is 15.2 Å². The lowest BCUT2D eigenvalue weighted by molar-refractivity contribution is 0.0915. The highest BCUT2D eigenvalue weighted by atomic mass is 16.5. The van der Waals surface area contributed by atoms with Crippen molar-refractivity contribution in [2.45, 2.75) is 51.1 Å². The molecule has 0 aromatic carbocycles. The molecule has 5 heteroatoms. The smallest absolute Gasteiger partial charge is 0.273 e. The van der Waals surface area contributed by atoms with Gasteiger partial charge in [-0.25, -0.2) is 0 Å². The van der Waals surface area contributed by atoms with Gasteiger partial charge in [0.15, 0.2) is 5.69 Å². The molecule has 0 bridgehead atoms. The first kappa shape index (κ1) is 13.1. The van der Waals surface area contributed by atoms with E-state index in [1.807, 2.05) is 0 Å². The summed E-state index contributed by atoms with van der Waals surface area (Å²) in [5.74, 6) is -0.131. The van der Waals surface area contributed by atoms with Crippen molar-refractivity contribution in [1.82, 2.24) is 15.8 Å². The van der Waals surface area contributed by atoms with Crippen LogP contribution in [0.25, 0.3) is 0 Å². The SMILES string of the molecule is CCCNC1CCC(NC(=O)c2ccon2)CC1. The molecule has 1 heterocycles. The maximum Gasteiger partial charge on any atom is 0.273 e. The van der Waals surface area contributed by atoms with E-state index in [2.05, 4.69) is 27.2 Å². The van der Waals surface area contributed by atoms with Gasteiger partial charge in [0.05, 0.1) is 0 Å². The number of hydrogen-bond donors (Lipinski definition) is 2. The van der Waals surface area contributed by atoms with E-state index in [9.17, 15) is 4.79 Å². The Balaban J connectivity index is 1.72. The van der Waals surface area contributed by atoms with E-state index < -0.39 is 0 Å². The van der Waals surface area contributed by atoms with E-state index >= 15 is 0 Å². The van der Waals surface area contributed by atoms with E-state index in [-0.39, 0.29) is 11.9 Å². The summed E-state index contributed by atoms with van der Waals surface area (Å²) in [7, 11) is 0. The van der Waals surface area contributed by atoms with Crippen molar-refractivity contribution in [3.63, 3.8) is 0 Å². The van der Waals surface area contributed by atoms with Crippen LogP contribution in [0.2, 0.25) is 0 Å². The van der Waals surface area contributed by atoms with Crippen LogP contribution >= 0.6 is 0 Å². The van der Waals surface area contributed by atoms with Crippen molar-refractivity contribution < 1.29 is 9.32 Å². The van der Waals surface area contributed by atoms with Crippen LogP contribution in [0.15, 0.2) is 16.9 Å². The fourth-order valence-corrected chi connectivity index (χ4v) is 2.38. The van der Waals surface area contributed by atoms with E-state index in [1.165, 1.54) is 12.7 Å². The Morgan fingerprint density at radius 1 is 1.39 bits per heavy atom. The molecule has 1 aromatic heterocycles. The van der Waals surface area contributed by atoms with Crippen molar-refractivity contribution in [2.75, 3.05) is 6.54 Å². The van der Waals surface area contributed by atoms with E-state index in [4.69, 9.17) is 0 Å². The minimum Gasteiger partial charge on any atom is -0.364 e. The average Bonchev–Trinajstić information content (AvgIpc) is 2.92. The predicted octanol–water partition coefficient (Wildman–Crippen LogP) is 1.72. The number of nitrogens with one attached hydrogen (secondary N) is 2. The number of aromatic nitrogens is 1. The summed E-state index contributed by atoms with van der Waals surface area (Å²) in [5, 5.41) is 10.2. The number of amides is 1. The van der Waals surface area contributed by atoms with Gasteiger partial charge in [0, 0.05) is 18.2 Å². The Hall–Kier alpha value is -1.36. The number of rotatable bonds is 5. The van der Waals surface area contributed by atoms with Gasteiger partial charge in [-0.2, -0.15) is 0 Å². The Morgan fingerprint density at radius 3 is 2.72 bits per heavy atom. The average molecular weight is 251 g/mol. The van der Waals surface area contributed by atoms with Gasteiger partial charge >= 0.3 is 0 Å². The standard InChI is InChI=1S/C13H21N3O2/c1-2-8-14-10-3-5-11(6-4-10)15-13(17)12-7-9-18-16-12/h7,9-11,14H,2-6,8H2,1H3,(H,15,17). The second-order valence-electron chi connectivity index (χ2n) is 4.86. The molecule has 2 N–H and O–H groups in total. The third-order valence-electron chi connectivity index (χ3n) is 3.42. The molecular weight excluding hydrogens is 230 g/mol. The molecule has 0 saturated heterocycles. The first-order valence-corrected chi connectivity index (χ1v) is 6.74. The second-order valence-corrected chi connectivity index (χ2v) is 4.86. The molecule has 100 valence electrons. The van der Waals surface area contributed by atoms with Crippen molar-refractivity contribution in [3.05, 3.63) is 18.0 Å². The summed E-state index contributed by atoms with van der Waals surface area (Å²) in [4.78, 5) is 11.8. The van der Waals surface area contributed by atoms with Crippen LogP contribution in [0.4, 0.5) is 0 Å². The van der Waals surface area contributed by atoms with Crippen molar-refractivity contribution in [2.24, 2.45) is 0 Å². The molecule has 0 aliphatic heterocycles. The predicted molar refractivity (Wildman–Crippen MR) is 68.3 cm³/mol. The van der Waals surface area contributed by atoms with Gasteiger partial charge in [-0.05, 0) is 38.6 Å². The van der Waals surface area contributed by atoms with E-state index in [0.717, 1.165) is 32.2 Å². The first-order valence-electron chi connectivity index (χ1n) is 6.74. The molecule has 1 saturated carbocycles. The Labute approximate surface area is 107 Å². The van der Waals surface area contributed by atoms with Crippen molar-refractivity contribution >= 4 is 5.91 Å². The summed E-state index contributed by atoms with van der Waals surface area (Å²) in [5.41, 5.74) is 0.362. The number of nitrogens with zero attached hydrogens (tertiary/aromatic N) is 1. The highest BCUT2D eigenvalue weighted by Crippen LogP contribution is 2.18. The molecule has 5 nitrogen and oxygen atoms in total. The monoisotopic (exact) mass is 251 g/mol. The van der Waals surface area contributed by atoms with E-state index in [0.29, 0.717) is 11.7 Å². The molecule has 1 aliphatic rings. The summed E-state index contributed by atoms with van der Waals surface area (Å²) < 4.78 is 4.67. The largest absolute Gasteiger partial charge is 0.364 e. The van der Waals surface area contributed by atoms with Crippen molar-refractivity contribution in [1.29, 1.82) is 0 Å². The quantitative estimate of drug-likeness (QED) is 0.836. The van der Waals surface area contributed by atoms with Crippen LogP contribution in [0.1, 0.15) is 49.5 Å². The third kappa shape index (κ3) is 3.57. The zero-order chi connectivity index (χ0) is 12.8. The lowest BCUT2D eigenvalue weighted by Crippen LogP contribution is -2.42. The van der Waals surface area contributed by atoms with Crippen LogP contribution in [-0.2, 0) is 0 Å². The summed E-state index contributed by atoms with van der Waals surface area (Å²) in [6, 6.07) is 2.48. The molecule has 0 atom stereocenters. The molecular formula is C13H21N3O2. The van der Waals surface area contributed by atoms with Crippen LogP contribution in [-0.4, -0.2) is 29.7 Å². The third-order valence-corrected chi connectivity index (χ3v) is 3.42. The van der Waals surface area contributed by atoms with Gasteiger partial charge in [0.25, 0.3) is 5.91 Å². The molecule has 0 radical (unpaired) electrons. The maximum atomic E-state index is 11.8. The number of hydrogen-bond acceptors (Lipinski definition) is 4. The molecule has 1 aliphatic carbocycles. The van der Waals surface area contributed by atoms with Crippen LogP contribution in [0.5, 0.6) is 0 Å². The van der Waals surface area contributed by atoms with Crippen LogP contribution in [0, 0.1) is 0 Å². The van der Waals surface area contributed by atoms with Crippen molar-refractivity contribution in [3.8, 4) is 0 Å². The van der Waals surface area contributed by atoms with Gasteiger partial charge in [-0.15, -0.1) is 0 Å². The zero-order valence-corrected chi connectivity index (χ0v) is 10.8. The molecule has 2 rings (SSSR count). The number of carbonyl (C=O) groups is 1. The Morgan fingerprint density at radius 2 is 2.11 bits per heavy atom. The minimum absolute atomic E-state index is 0.131. The molecule has 0 spiro atoms. The number of carbonyl (C=O) groups excluding carboxylic acids is 1. The van der Waals surface area contributed by atoms with Crippen LogP contribution in [0.3, 0.4) is 0 Å². The maximum absolute atomic E-state index is 11.8. The highest BCUT2D eigenvalue weighted by molar-refractivity contribution is 5.92. The van der Waals surface area contributed by atoms with Gasteiger partial charge in [0.2, 0.25) is 0 Å². The van der Waals surface area contributed by atoms with Gasteiger partial charge in [-0.1, -0.05) is 12.1 Å². The zero-order valence-electron chi connectivity index (χ0n) is 10.8. The van der Waals surface area contributed by atoms with Crippen LogP contribution < -0.4 is 10.6 Å².